The molecule has 0 saturated carbocycles. The molecule has 0 aliphatic rings. The van der Waals surface area contributed by atoms with Crippen LogP contribution in [0.1, 0.15) is 36.8 Å². The minimum atomic E-state index is 0.368. The molecular formula is C20H27NO2. The Morgan fingerprint density at radius 3 is 2.13 bits per heavy atom. The highest BCUT2D eigenvalue weighted by molar-refractivity contribution is 5.29. The molecule has 2 rings (SSSR count). The summed E-state index contributed by atoms with van der Waals surface area (Å²) in [7, 11) is 0. The first kappa shape index (κ1) is 17.4. The van der Waals surface area contributed by atoms with Crippen LogP contribution in [0.3, 0.4) is 0 Å². The molecule has 0 saturated heterocycles. The Morgan fingerprint density at radius 2 is 1.52 bits per heavy atom. The maximum atomic E-state index is 5.94. The number of benzene rings is 2. The van der Waals surface area contributed by atoms with Crippen molar-refractivity contribution in [3.8, 4) is 11.5 Å². The smallest absolute Gasteiger partial charge is 0.119 e. The van der Waals surface area contributed by atoms with E-state index in [1.807, 2.05) is 31.2 Å². The summed E-state index contributed by atoms with van der Waals surface area (Å²) in [5.41, 5.74) is 8.46. The minimum Gasteiger partial charge on any atom is -0.494 e. The van der Waals surface area contributed by atoms with E-state index in [0.29, 0.717) is 19.1 Å². The molecular weight excluding hydrogens is 286 g/mol. The molecule has 0 radical (unpaired) electrons. The number of nitrogens with two attached hydrogens (primary N) is 1. The zero-order valence-corrected chi connectivity index (χ0v) is 14.1. The number of hydrogen-bond acceptors (Lipinski definition) is 3. The van der Waals surface area contributed by atoms with Gasteiger partial charge in [-0.05, 0) is 69.0 Å². The van der Waals surface area contributed by atoms with Crippen molar-refractivity contribution in [1.82, 2.24) is 0 Å². The molecule has 124 valence electrons. The summed E-state index contributed by atoms with van der Waals surface area (Å²) in [6.07, 6.45) is 2.01. The fraction of sp³-hybridized carbons (Fsp3) is 0.400. The average Bonchev–Trinajstić information content (AvgIpc) is 2.58. The zero-order valence-electron chi connectivity index (χ0n) is 14.1. The van der Waals surface area contributed by atoms with Crippen LogP contribution < -0.4 is 15.2 Å². The molecule has 2 N–H and O–H groups in total. The van der Waals surface area contributed by atoms with Crippen molar-refractivity contribution >= 4 is 0 Å². The Morgan fingerprint density at radius 1 is 0.913 bits per heavy atom. The third-order valence-electron chi connectivity index (χ3n) is 3.93. The van der Waals surface area contributed by atoms with Gasteiger partial charge in [-0.3, -0.25) is 0 Å². The molecule has 0 aliphatic carbocycles. The van der Waals surface area contributed by atoms with Gasteiger partial charge in [0.1, 0.15) is 11.5 Å². The summed E-state index contributed by atoms with van der Waals surface area (Å²) in [6.45, 7) is 6.13. The fourth-order valence-corrected chi connectivity index (χ4v) is 2.58. The molecule has 23 heavy (non-hydrogen) atoms. The molecule has 0 aliphatic heterocycles. The normalized spacial score (nSPS) is 12.0. The summed E-state index contributed by atoms with van der Waals surface area (Å²) in [5.74, 6) is 2.21. The lowest BCUT2D eigenvalue weighted by Gasteiger charge is -2.16. The highest BCUT2D eigenvalue weighted by Gasteiger charge is 2.10. The summed E-state index contributed by atoms with van der Waals surface area (Å²) in [6, 6.07) is 16.4. The van der Waals surface area contributed by atoms with Crippen molar-refractivity contribution in [3.05, 3.63) is 59.7 Å². The Bertz CT molecular complexity index is 563. The van der Waals surface area contributed by atoms with Gasteiger partial charge in [0.2, 0.25) is 0 Å². The van der Waals surface area contributed by atoms with E-state index in [1.54, 1.807) is 0 Å². The second-order valence-electron chi connectivity index (χ2n) is 5.74. The molecule has 2 aromatic carbocycles. The van der Waals surface area contributed by atoms with Gasteiger partial charge in [-0.15, -0.1) is 0 Å². The second-order valence-corrected chi connectivity index (χ2v) is 5.74. The van der Waals surface area contributed by atoms with Crippen LogP contribution in [0.5, 0.6) is 11.5 Å². The van der Waals surface area contributed by atoms with Crippen molar-refractivity contribution in [1.29, 1.82) is 0 Å². The lowest BCUT2D eigenvalue weighted by Crippen LogP contribution is -2.13. The molecule has 2 aromatic rings. The van der Waals surface area contributed by atoms with E-state index in [0.717, 1.165) is 30.9 Å². The van der Waals surface area contributed by atoms with Crippen molar-refractivity contribution in [2.24, 2.45) is 5.73 Å². The summed E-state index contributed by atoms with van der Waals surface area (Å²) in [4.78, 5) is 0. The van der Waals surface area contributed by atoms with Gasteiger partial charge in [0.25, 0.3) is 0 Å². The summed E-state index contributed by atoms with van der Waals surface area (Å²) < 4.78 is 11.3. The molecule has 1 unspecified atom stereocenters. The molecule has 3 heteroatoms. The highest BCUT2D eigenvalue weighted by Crippen LogP contribution is 2.23. The van der Waals surface area contributed by atoms with E-state index < -0.39 is 0 Å². The first-order chi connectivity index (χ1) is 11.2. The summed E-state index contributed by atoms with van der Waals surface area (Å²) in [5, 5.41) is 0. The van der Waals surface area contributed by atoms with Crippen LogP contribution >= 0.6 is 0 Å². The van der Waals surface area contributed by atoms with Crippen LogP contribution in [-0.2, 0) is 0 Å². The van der Waals surface area contributed by atoms with Gasteiger partial charge >= 0.3 is 0 Å². The number of ether oxygens (including phenoxy) is 2. The van der Waals surface area contributed by atoms with Crippen molar-refractivity contribution in [2.75, 3.05) is 19.8 Å². The molecule has 3 nitrogen and oxygen atoms in total. The van der Waals surface area contributed by atoms with Crippen LogP contribution in [0.2, 0.25) is 0 Å². The topological polar surface area (TPSA) is 44.5 Å². The largest absolute Gasteiger partial charge is 0.494 e. The molecule has 0 fully saturated rings. The van der Waals surface area contributed by atoms with Gasteiger partial charge < -0.3 is 15.2 Å². The summed E-state index contributed by atoms with van der Waals surface area (Å²) >= 11 is 0. The lowest BCUT2D eigenvalue weighted by atomic mass is 9.94. The monoisotopic (exact) mass is 313 g/mol. The first-order valence-electron chi connectivity index (χ1n) is 8.35. The highest BCUT2D eigenvalue weighted by atomic mass is 16.5. The quantitative estimate of drug-likeness (QED) is 0.702. The predicted molar refractivity (Wildman–Crippen MR) is 95.3 cm³/mol. The van der Waals surface area contributed by atoms with Gasteiger partial charge in [0.15, 0.2) is 0 Å². The van der Waals surface area contributed by atoms with Crippen LogP contribution in [0.15, 0.2) is 48.5 Å². The third kappa shape index (κ3) is 5.61. The lowest BCUT2D eigenvalue weighted by molar-refractivity contribution is 0.301. The van der Waals surface area contributed by atoms with E-state index >= 15 is 0 Å². The Balaban J connectivity index is 1.79. The van der Waals surface area contributed by atoms with Crippen LogP contribution in [0, 0.1) is 6.92 Å². The zero-order chi connectivity index (χ0) is 16.5. The van der Waals surface area contributed by atoms with Gasteiger partial charge in [-0.1, -0.05) is 29.8 Å². The molecule has 0 spiro atoms. The van der Waals surface area contributed by atoms with Gasteiger partial charge in [0, 0.05) is 0 Å². The van der Waals surface area contributed by atoms with Crippen LogP contribution in [0.25, 0.3) is 0 Å². The second kappa shape index (κ2) is 9.21. The average molecular weight is 313 g/mol. The third-order valence-corrected chi connectivity index (χ3v) is 3.93. The van der Waals surface area contributed by atoms with E-state index in [-0.39, 0.29) is 0 Å². The number of aryl methyl sites for hydroxylation is 1. The first-order valence-corrected chi connectivity index (χ1v) is 8.35. The van der Waals surface area contributed by atoms with Crippen molar-refractivity contribution < 1.29 is 9.47 Å². The maximum Gasteiger partial charge on any atom is 0.119 e. The molecule has 0 aromatic heterocycles. The Labute approximate surface area is 139 Å². The van der Waals surface area contributed by atoms with Gasteiger partial charge in [-0.25, -0.2) is 0 Å². The maximum absolute atomic E-state index is 5.94. The Hall–Kier alpha value is -2.00. The molecule has 1 atom stereocenters. The van der Waals surface area contributed by atoms with E-state index in [9.17, 15) is 0 Å². The fourth-order valence-electron chi connectivity index (χ4n) is 2.58. The van der Waals surface area contributed by atoms with E-state index in [1.165, 1.54) is 11.1 Å². The van der Waals surface area contributed by atoms with Gasteiger partial charge in [0.05, 0.1) is 13.2 Å². The molecule has 0 heterocycles. The SMILES string of the molecule is CCOc1ccc(C(CN)CCCOc2ccc(C)cc2)cc1. The van der Waals surface area contributed by atoms with E-state index in [4.69, 9.17) is 15.2 Å². The van der Waals surface area contributed by atoms with Crippen LogP contribution in [-0.4, -0.2) is 19.8 Å². The van der Waals surface area contributed by atoms with E-state index in [2.05, 4.69) is 31.2 Å². The number of hydrogen-bond donors (Lipinski definition) is 1. The minimum absolute atomic E-state index is 0.368. The van der Waals surface area contributed by atoms with Crippen molar-refractivity contribution in [2.45, 2.75) is 32.6 Å². The molecule has 0 bridgehead atoms. The molecule has 0 amide bonds. The Kier molecular flexibility index (Phi) is 6.95. The number of rotatable bonds is 9. The van der Waals surface area contributed by atoms with Crippen molar-refractivity contribution in [3.63, 3.8) is 0 Å². The van der Waals surface area contributed by atoms with Crippen LogP contribution in [0.4, 0.5) is 0 Å². The van der Waals surface area contributed by atoms with Gasteiger partial charge in [-0.2, -0.15) is 0 Å². The predicted octanol–water partition coefficient (Wildman–Crippen LogP) is 4.30. The standard InChI is InChI=1S/C20H27NO2/c1-3-22-19-12-8-17(9-13-19)18(15-21)5-4-14-23-20-10-6-16(2)7-11-20/h6-13,18H,3-5,14-15,21H2,1-2H3.